The van der Waals surface area contributed by atoms with Gasteiger partial charge in [0, 0.05) is 31.0 Å². The number of ketones is 1. The summed E-state index contributed by atoms with van der Waals surface area (Å²) in [5.74, 6) is 0.426. The number of nitrogens with zero attached hydrogens (tertiary/aromatic N) is 1. The van der Waals surface area contributed by atoms with E-state index in [1.807, 2.05) is 0 Å². The molecule has 0 spiro atoms. The smallest absolute Gasteiger partial charge is 0.135 e. The summed E-state index contributed by atoms with van der Waals surface area (Å²) in [6.07, 6.45) is 1.45. The topological polar surface area (TPSA) is 20.3 Å². The van der Waals surface area contributed by atoms with Gasteiger partial charge in [0.15, 0.2) is 0 Å². The molecule has 1 saturated heterocycles. The number of Topliss-reactive ketones (excluding diaryl/α,β-unsaturated/α-hetero) is 1. The summed E-state index contributed by atoms with van der Waals surface area (Å²) in [6.45, 7) is 14.3. The third-order valence-corrected chi connectivity index (χ3v) is 3.29. The Kier molecular flexibility index (Phi) is 3.30. The highest BCUT2D eigenvalue weighted by atomic mass is 16.1. The molecule has 0 amide bonds. The van der Waals surface area contributed by atoms with E-state index in [0.29, 0.717) is 11.8 Å². The third-order valence-electron chi connectivity index (χ3n) is 3.29. The van der Waals surface area contributed by atoms with Crippen molar-refractivity contribution >= 4 is 5.78 Å². The SMILES string of the molecule is CC(C)(C)C1CC(=O)CCN1C(C)(C)C. The predicted octanol–water partition coefficient (Wildman–Crippen LogP) is 2.86. The van der Waals surface area contributed by atoms with Gasteiger partial charge in [0.1, 0.15) is 5.78 Å². The molecule has 0 radical (unpaired) electrons. The molecule has 0 N–H and O–H groups in total. The molecule has 1 rings (SSSR count). The largest absolute Gasteiger partial charge is 0.300 e. The van der Waals surface area contributed by atoms with Crippen molar-refractivity contribution in [2.45, 2.75) is 66.0 Å². The quantitative estimate of drug-likeness (QED) is 0.614. The van der Waals surface area contributed by atoms with E-state index in [4.69, 9.17) is 0 Å². The van der Waals surface area contributed by atoms with E-state index in [2.05, 4.69) is 46.4 Å². The van der Waals surface area contributed by atoms with Crippen molar-refractivity contribution in [2.24, 2.45) is 5.41 Å². The van der Waals surface area contributed by atoms with Crippen molar-refractivity contribution in [3.63, 3.8) is 0 Å². The van der Waals surface area contributed by atoms with E-state index in [-0.39, 0.29) is 11.0 Å². The number of piperidine rings is 1. The van der Waals surface area contributed by atoms with Gasteiger partial charge >= 0.3 is 0 Å². The van der Waals surface area contributed by atoms with Gasteiger partial charge in [-0.15, -0.1) is 0 Å². The highest BCUT2D eigenvalue weighted by molar-refractivity contribution is 5.80. The molecule has 1 aliphatic heterocycles. The number of likely N-dealkylation sites (tertiary alicyclic amines) is 1. The fourth-order valence-corrected chi connectivity index (χ4v) is 2.41. The zero-order chi connectivity index (χ0) is 11.9. The molecular formula is C13H25NO. The summed E-state index contributed by atoms with van der Waals surface area (Å²) >= 11 is 0. The summed E-state index contributed by atoms with van der Waals surface area (Å²) in [6, 6.07) is 0.388. The standard InChI is InChI=1S/C13H25NO/c1-12(2,3)11-9-10(15)7-8-14(11)13(4,5)6/h11H,7-9H2,1-6H3. The van der Waals surface area contributed by atoms with Crippen LogP contribution in [0.5, 0.6) is 0 Å². The molecule has 1 heterocycles. The average molecular weight is 211 g/mol. The van der Waals surface area contributed by atoms with E-state index < -0.39 is 0 Å². The molecule has 0 aromatic rings. The van der Waals surface area contributed by atoms with Crippen molar-refractivity contribution in [3.05, 3.63) is 0 Å². The lowest BCUT2D eigenvalue weighted by atomic mass is 9.78. The van der Waals surface area contributed by atoms with Crippen LogP contribution in [0.25, 0.3) is 0 Å². The van der Waals surface area contributed by atoms with Gasteiger partial charge in [-0.25, -0.2) is 0 Å². The van der Waals surface area contributed by atoms with Crippen LogP contribution in [-0.4, -0.2) is 28.8 Å². The predicted molar refractivity (Wildman–Crippen MR) is 63.9 cm³/mol. The van der Waals surface area contributed by atoms with Crippen LogP contribution in [0.15, 0.2) is 0 Å². The Labute approximate surface area is 94.0 Å². The van der Waals surface area contributed by atoms with Crippen molar-refractivity contribution in [2.75, 3.05) is 6.54 Å². The highest BCUT2D eigenvalue weighted by Crippen LogP contribution is 2.34. The molecule has 1 fully saturated rings. The zero-order valence-corrected chi connectivity index (χ0v) is 11.1. The Morgan fingerprint density at radius 3 is 2.07 bits per heavy atom. The Morgan fingerprint density at radius 1 is 1.13 bits per heavy atom. The van der Waals surface area contributed by atoms with Gasteiger partial charge in [0.2, 0.25) is 0 Å². The maximum Gasteiger partial charge on any atom is 0.135 e. The van der Waals surface area contributed by atoms with Gasteiger partial charge in [0.05, 0.1) is 0 Å². The molecule has 1 atom stereocenters. The van der Waals surface area contributed by atoms with Crippen LogP contribution in [-0.2, 0) is 4.79 Å². The van der Waals surface area contributed by atoms with Crippen molar-refractivity contribution in [1.82, 2.24) is 4.90 Å². The van der Waals surface area contributed by atoms with E-state index >= 15 is 0 Å². The maximum absolute atomic E-state index is 11.6. The highest BCUT2D eigenvalue weighted by Gasteiger charge is 2.39. The first-order valence-electron chi connectivity index (χ1n) is 5.91. The first-order chi connectivity index (χ1) is 6.62. The molecule has 0 saturated carbocycles. The average Bonchev–Trinajstić information content (AvgIpc) is 2.00. The van der Waals surface area contributed by atoms with Crippen molar-refractivity contribution in [1.29, 1.82) is 0 Å². The Morgan fingerprint density at radius 2 is 1.67 bits per heavy atom. The number of hydrogen-bond donors (Lipinski definition) is 0. The maximum atomic E-state index is 11.6. The number of hydrogen-bond acceptors (Lipinski definition) is 2. The van der Waals surface area contributed by atoms with E-state index in [1.54, 1.807) is 0 Å². The summed E-state index contributed by atoms with van der Waals surface area (Å²) in [5, 5.41) is 0. The summed E-state index contributed by atoms with van der Waals surface area (Å²) in [4.78, 5) is 14.1. The van der Waals surface area contributed by atoms with Crippen LogP contribution in [0.2, 0.25) is 0 Å². The molecule has 2 nitrogen and oxygen atoms in total. The molecule has 1 unspecified atom stereocenters. The third kappa shape index (κ3) is 3.04. The minimum Gasteiger partial charge on any atom is -0.300 e. The van der Waals surface area contributed by atoms with Gasteiger partial charge in [-0.1, -0.05) is 20.8 Å². The molecule has 0 bridgehead atoms. The molecule has 0 aromatic carbocycles. The molecule has 1 aliphatic rings. The molecule has 0 aliphatic carbocycles. The fraction of sp³-hybridized carbons (Fsp3) is 0.923. The van der Waals surface area contributed by atoms with Crippen LogP contribution in [0, 0.1) is 5.41 Å². The zero-order valence-electron chi connectivity index (χ0n) is 11.1. The van der Waals surface area contributed by atoms with Crippen molar-refractivity contribution in [3.8, 4) is 0 Å². The second kappa shape index (κ2) is 3.89. The first-order valence-corrected chi connectivity index (χ1v) is 5.91. The lowest BCUT2D eigenvalue weighted by molar-refractivity contribution is -0.127. The number of rotatable bonds is 0. The Bertz CT molecular complexity index is 244. The van der Waals surface area contributed by atoms with Crippen LogP contribution >= 0.6 is 0 Å². The van der Waals surface area contributed by atoms with Crippen LogP contribution in [0.3, 0.4) is 0 Å². The van der Waals surface area contributed by atoms with Crippen LogP contribution in [0.1, 0.15) is 54.4 Å². The lowest BCUT2D eigenvalue weighted by Gasteiger charge is -2.49. The van der Waals surface area contributed by atoms with Crippen LogP contribution < -0.4 is 0 Å². The molecule has 0 aromatic heterocycles. The van der Waals surface area contributed by atoms with E-state index in [0.717, 1.165) is 19.4 Å². The normalized spacial score (nSPS) is 25.7. The number of carbonyl (C=O) groups excluding carboxylic acids is 1. The summed E-state index contributed by atoms with van der Waals surface area (Å²) < 4.78 is 0. The first kappa shape index (κ1) is 12.7. The second-order valence-corrected chi connectivity index (χ2v) is 6.74. The Hall–Kier alpha value is -0.370. The monoisotopic (exact) mass is 211 g/mol. The summed E-state index contributed by atoms with van der Waals surface area (Å²) in [7, 11) is 0. The molecule has 15 heavy (non-hydrogen) atoms. The van der Waals surface area contributed by atoms with Gasteiger partial charge < -0.3 is 0 Å². The van der Waals surface area contributed by atoms with Gasteiger partial charge in [-0.3, -0.25) is 9.69 Å². The molecule has 88 valence electrons. The fourth-order valence-electron chi connectivity index (χ4n) is 2.41. The molecule has 2 heteroatoms. The minimum absolute atomic E-state index is 0.165. The Balaban J connectivity index is 2.90. The van der Waals surface area contributed by atoms with Gasteiger partial charge in [-0.2, -0.15) is 0 Å². The van der Waals surface area contributed by atoms with Gasteiger partial charge in [0.25, 0.3) is 0 Å². The lowest BCUT2D eigenvalue weighted by Crippen LogP contribution is -2.57. The van der Waals surface area contributed by atoms with Crippen molar-refractivity contribution < 1.29 is 4.79 Å². The van der Waals surface area contributed by atoms with Gasteiger partial charge in [-0.05, 0) is 26.2 Å². The number of carbonyl (C=O) groups is 1. The van der Waals surface area contributed by atoms with Crippen LogP contribution in [0.4, 0.5) is 0 Å². The minimum atomic E-state index is 0.165. The second-order valence-electron chi connectivity index (χ2n) is 6.74. The molecular weight excluding hydrogens is 186 g/mol. The van der Waals surface area contributed by atoms with E-state index in [9.17, 15) is 4.79 Å². The van der Waals surface area contributed by atoms with E-state index in [1.165, 1.54) is 0 Å². The summed E-state index contributed by atoms with van der Waals surface area (Å²) in [5.41, 5.74) is 0.349.